The number of allylic oxidation sites excluding steroid dienone is 1. The molecule has 35 heavy (non-hydrogen) atoms. The maximum Gasteiger partial charge on any atom is 0.303 e. The van der Waals surface area contributed by atoms with E-state index < -0.39 is 5.97 Å². The fraction of sp³-hybridized carbons (Fsp3) is 0.500. The first-order valence-corrected chi connectivity index (χ1v) is 13.2. The average molecular weight is 478 g/mol. The molecular weight excluding hydrogens is 438 g/mol. The van der Waals surface area contributed by atoms with Crippen LogP contribution in [0.15, 0.2) is 66.7 Å². The lowest BCUT2D eigenvalue weighted by molar-refractivity contribution is -0.136. The monoisotopic (exact) mass is 477 g/mol. The molecule has 2 aromatic carbocycles. The van der Waals surface area contributed by atoms with Crippen LogP contribution in [0.5, 0.6) is 0 Å². The quantitative estimate of drug-likeness (QED) is 0.397. The highest BCUT2D eigenvalue weighted by Crippen LogP contribution is 2.32. The Balaban J connectivity index is 1.35. The molecule has 2 fully saturated rings. The fourth-order valence-corrected chi connectivity index (χ4v) is 5.31. The van der Waals surface area contributed by atoms with E-state index in [-0.39, 0.29) is 18.6 Å². The normalized spacial score (nSPS) is 23.5. The van der Waals surface area contributed by atoms with E-state index in [4.69, 9.17) is 14.6 Å². The van der Waals surface area contributed by atoms with Crippen LogP contribution in [0, 0.1) is 0 Å². The number of aliphatic carboxylic acids is 1. The highest BCUT2D eigenvalue weighted by molar-refractivity contribution is 5.66. The number of hydrogen-bond donors (Lipinski definition) is 1. The molecule has 0 bridgehead atoms. The highest BCUT2D eigenvalue weighted by Gasteiger charge is 2.40. The number of benzene rings is 2. The predicted octanol–water partition coefficient (Wildman–Crippen LogP) is 6.08. The van der Waals surface area contributed by atoms with Crippen molar-refractivity contribution in [2.75, 3.05) is 19.7 Å². The molecule has 1 saturated heterocycles. The first kappa shape index (κ1) is 25.6. The summed E-state index contributed by atoms with van der Waals surface area (Å²) in [5.41, 5.74) is 3.61. The predicted molar refractivity (Wildman–Crippen MR) is 139 cm³/mol. The number of carbonyl (C=O) groups is 1. The van der Waals surface area contributed by atoms with E-state index in [0.717, 1.165) is 25.9 Å². The molecule has 0 radical (unpaired) electrons. The van der Waals surface area contributed by atoms with Crippen LogP contribution in [-0.2, 0) is 20.9 Å². The molecule has 5 nitrogen and oxygen atoms in total. The van der Waals surface area contributed by atoms with Crippen LogP contribution in [0.3, 0.4) is 0 Å². The van der Waals surface area contributed by atoms with Crippen molar-refractivity contribution in [2.45, 2.75) is 76.2 Å². The van der Waals surface area contributed by atoms with Gasteiger partial charge < -0.3 is 14.6 Å². The van der Waals surface area contributed by atoms with Gasteiger partial charge >= 0.3 is 5.97 Å². The van der Waals surface area contributed by atoms with Crippen molar-refractivity contribution in [3.8, 4) is 11.1 Å². The highest BCUT2D eigenvalue weighted by atomic mass is 16.5. The van der Waals surface area contributed by atoms with Gasteiger partial charge in [0.15, 0.2) is 0 Å². The lowest BCUT2D eigenvalue weighted by Gasteiger charge is -2.33. The molecule has 2 aromatic rings. The minimum atomic E-state index is -0.766. The Morgan fingerprint density at radius 2 is 1.60 bits per heavy atom. The fourth-order valence-electron chi connectivity index (χ4n) is 5.31. The summed E-state index contributed by atoms with van der Waals surface area (Å²) in [6.45, 7) is 3.38. The van der Waals surface area contributed by atoms with Crippen molar-refractivity contribution in [1.29, 1.82) is 0 Å². The number of hydrogen-bond acceptors (Lipinski definition) is 4. The molecular formula is C30H39NO4. The standard InChI is InChI=1S/C30H39NO4/c32-29(33)13-7-4-10-22-34-30-27(31-20-8-1-2-9-21-31)18-19-28(30)35-23-24-14-16-26(17-15-24)25-11-5-3-6-12-25/h3-6,10-12,14-17,27-28,30H,1-2,7-9,13,18-23H2,(H,32,33)/b10-4-/t27-,28-,30+/m0/s1. The molecule has 1 saturated carbocycles. The second kappa shape index (κ2) is 13.6. The number of ether oxygens (including phenoxy) is 2. The summed E-state index contributed by atoms with van der Waals surface area (Å²) in [6.07, 6.45) is 12.0. The first-order valence-electron chi connectivity index (χ1n) is 13.2. The number of carboxylic acid groups (broad SMARTS) is 1. The van der Waals surface area contributed by atoms with Gasteiger partial charge in [-0.25, -0.2) is 0 Å². The zero-order valence-corrected chi connectivity index (χ0v) is 20.7. The maximum atomic E-state index is 10.7. The summed E-state index contributed by atoms with van der Waals surface area (Å²) in [5.74, 6) is -0.766. The van der Waals surface area contributed by atoms with Gasteiger partial charge in [-0.15, -0.1) is 0 Å². The Hall–Kier alpha value is -2.47. The summed E-state index contributed by atoms with van der Waals surface area (Å²) in [4.78, 5) is 13.4. The molecule has 1 heterocycles. The number of rotatable bonds is 11. The summed E-state index contributed by atoms with van der Waals surface area (Å²) < 4.78 is 12.8. The van der Waals surface area contributed by atoms with E-state index in [0.29, 0.717) is 25.7 Å². The van der Waals surface area contributed by atoms with Crippen LogP contribution < -0.4 is 0 Å². The SMILES string of the molecule is O=C(O)CC/C=C\CO[C@H]1[C@@H](OCc2ccc(-c3ccccc3)cc2)CC[C@@H]1N1CCCCCC1. The third-order valence-electron chi connectivity index (χ3n) is 7.20. The van der Waals surface area contributed by atoms with Gasteiger partial charge in [0.2, 0.25) is 0 Å². The van der Waals surface area contributed by atoms with Crippen LogP contribution in [0.4, 0.5) is 0 Å². The molecule has 3 atom stereocenters. The molecule has 0 unspecified atom stereocenters. The van der Waals surface area contributed by atoms with Gasteiger partial charge in [0, 0.05) is 12.5 Å². The smallest absolute Gasteiger partial charge is 0.303 e. The van der Waals surface area contributed by atoms with E-state index in [1.807, 2.05) is 18.2 Å². The molecule has 2 aliphatic rings. The molecule has 1 aliphatic carbocycles. The van der Waals surface area contributed by atoms with Gasteiger partial charge in [-0.1, -0.05) is 79.6 Å². The molecule has 0 amide bonds. The molecule has 4 rings (SSSR count). The second-order valence-corrected chi connectivity index (χ2v) is 9.71. The number of carboxylic acids is 1. The lowest BCUT2D eigenvalue weighted by Crippen LogP contribution is -2.45. The Kier molecular flexibility index (Phi) is 9.94. The summed E-state index contributed by atoms with van der Waals surface area (Å²) in [7, 11) is 0. The summed E-state index contributed by atoms with van der Waals surface area (Å²) in [5, 5.41) is 8.82. The van der Waals surface area contributed by atoms with Crippen LogP contribution in [0.2, 0.25) is 0 Å². The van der Waals surface area contributed by atoms with E-state index in [9.17, 15) is 4.79 Å². The molecule has 0 aromatic heterocycles. The van der Waals surface area contributed by atoms with E-state index in [1.54, 1.807) is 0 Å². The lowest BCUT2D eigenvalue weighted by atomic mass is 10.0. The average Bonchev–Trinajstić information content (AvgIpc) is 3.08. The Bertz CT molecular complexity index is 919. The van der Waals surface area contributed by atoms with Crippen LogP contribution in [0.25, 0.3) is 11.1 Å². The topological polar surface area (TPSA) is 59.0 Å². The zero-order chi connectivity index (χ0) is 24.3. The van der Waals surface area contributed by atoms with Gasteiger partial charge in [-0.05, 0) is 61.9 Å². The third-order valence-corrected chi connectivity index (χ3v) is 7.20. The van der Waals surface area contributed by atoms with E-state index in [1.165, 1.54) is 42.4 Å². The van der Waals surface area contributed by atoms with Gasteiger partial charge in [-0.2, -0.15) is 0 Å². The van der Waals surface area contributed by atoms with Crippen molar-refractivity contribution in [3.63, 3.8) is 0 Å². The summed E-state index contributed by atoms with van der Waals surface area (Å²) in [6, 6.07) is 19.5. The van der Waals surface area contributed by atoms with Crippen molar-refractivity contribution in [3.05, 3.63) is 72.3 Å². The Labute approximate surface area is 209 Å². The largest absolute Gasteiger partial charge is 0.481 e. The molecule has 1 aliphatic heterocycles. The van der Waals surface area contributed by atoms with Crippen LogP contribution >= 0.6 is 0 Å². The number of likely N-dealkylation sites (tertiary alicyclic amines) is 1. The van der Waals surface area contributed by atoms with Crippen LogP contribution in [0.1, 0.15) is 56.9 Å². The van der Waals surface area contributed by atoms with E-state index in [2.05, 4.69) is 53.4 Å². The molecule has 5 heteroatoms. The van der Waals surface area contributed by atoms with Gasteiger partial charge in [0.05, 0.1) is 25.4 Å². The maximum absolute atomic E-state index is 10.7. The van der Waals surface area contributed by atoms with E-state index >= 15 is 0 Å². The zero-order valence-electron chi connectivity index (χ0n) is 20.7. The van der Waals surface area contributed by atoms with Gasteiger partial charge in [0.25, 0.3) is 0 Å². The second-order valence-electron chi connectivity index (χ2n) is 9.71. The molecule has 1 N–H and O–H groups in total. The van der Waals surface area contributed by atoms with Gasteiger partial charge in [-0.3, -0.25) is 9.69 Å². The van der Waals surface area contributed by atoms with Crippen molar-refractivity contribution in [2.24, 2.45) is 0 Å². The first-order chi connectivity index (χ1) is 17.2. The Morgan fingerprint density at radius 1 is 0.886 bits per heavy atom. The van der Waals surface area contributed by atoms with Crippen molar-refractivity contribution < 1.29 is 19.4 Å². The van der Waals surface area contributed by atoms with Crippen LogP contribution in [-0.4, -0.2) is 53.9 Å². The van der Waals surface area contributed by atoms with Crippen molar-refractivity contribution >= 4 is 5.97 Å². The van der Waals surface area contributed by atoms with Gasteiger partial charge in [0.1, 0.15) is 0 Å². The minimum absolute atomic E-state index is 0.0424. The Morgan fingerprint density at radius 3 is 2.31 bits per heavy atom. The minimum Gasteiger partial charge on any atom is -0.481 e. The molecule has 0 spiro atoms. The third kappa shape index (κ3) is 7.76. The number of nitrogens with zero attached hydrogens (tertiary/aromatic N) is 1. The molecule has 188 valence electrons. The van der Waals surface area contributed by atoms with Crippen molar-refractivity contribution in [1.82, 2.24) is 4.90 Å². The summed E-state index contributed by atoms with van der Waals surface area (Å²) >= 11 is 0.